The summed E-state index contributed by atoms with van der Waals surface area (Å²) in [7, 11) is 0. The van der Waals surface area contributed by atoms with Gasteiger partial charge in [-0.2, -0.15) is 0 Å². The van der Waals surface area contributed by atoms with Gasteiger partial charge in [-0.25, -0.2) is 4.98 Å². The number of fused-ring (bicyclic) bond motifs is 2. The van der Waals surface area contributed by atoms with E-state index in [1.165, 1.54) is 43.7 Å². The van der Waals surface area contributed by atoms with E-state index in [2.05, 4.69) is 62.8 Å². The Morgan fingerprint density at radius 1 is 1.08 bits per heavy atom. The van der Waals surface area contributed by atoms with Crippen molar-refractivity contribution in [2.45, 2.75) is 50.9 Å². The van der Waals surface area contributed by atoms with Gasteiger partial charge in [0.1, 0.15) is 0 Å². The summed E-state index contributed by atoms with van der Waals surface area (Å²) in [4.78, 5) is 9.96. The van der Waals surface area contributed by atoms with E-state index in [0.717, 1.165) is 19.0 Å². The van der Waals surface area contributed by atoms with Crippen molar-refractivity contribution >= 4 is 0 Å². The van der Waals surface area contributed by atoms with Crippen LogP contribution < -0.4 is 0 Å². The number of hydrogen-bond donors (Lipinski definition) is 0. The largest absolute Gasteiger partial charge is 0.334 e. The quantitative estimate of drug-likeness (QED) is 0.858. The van der Waals surface area contributed by atoms with Crippen molar-refractivity contribution in [3.8, 4) is 0 Å². The summed E-state index contributed by atoms with van der Waals surface area (Å²) in [6.07, 6.45) is 6.81. The standard InChI is InChI=1S/C21H28N4/c1-2-23-15-22-12-18(23)13-25-14-19(16-6-4-3-5-7-16)21-20(25)17-8-10-24(21)11-9-17/h3-7,12,15,17,19-21H,2,8-11,13-14H2,1H3/t19-,20+,21+/m0/s1. The molecule has 0 aliphatic carbocycles. The van der Waals surface area contributed by atoms with Crippen LogP contribution >= 0.6 is 0 Å². The number of imidazole rings is 1. The van der Waals surface area contributed by atoms with Crippen molar-refractivity contribution in [1.82, 2.24) is 19.4 Å². The molecule has 0 saturated carbocycles. The van der Waals surface area contributed by atoms with Crippen molar-refractivity contribution in [3.05, 3.63) is 54.1 Å². The predicted octanol–water partition coefficient (Wildman–Crippen LogP) is 2.97. The molecular weight excluding hydrogens is 308 g/mol. The summed E-state index contributed by atoms with van der Waals surface area (Å²) < 4.78 is 2.30. The number of hydrogen-bond acceptors (Lipinski definition) is 3. The van der Waals surface area contributed by atoms with Gasteiger partial charge in [0.2, 0.25) is 0 Å². The van der Waals surface area contributed by atoms with E-state index in [-0.39, 0.29) is 0 Å². The van der Waals surface area contributed by atoms with Gasteiger partial charge in [-0.15, -0.1) is 0 Å². The van der Waals surface area contributed by atoms with E-state index in [9.17, 15) is 0 Å². The van der Waals surface area contributed by atoms with Crippen molar-refractivity contribution in [2.75, 3.05) is 19.6 Å². The summed E-state index contributed by atoms with van der Waals surface area (Å²) in [5.74, 6) is 1.52. The highest BCUT2D eigenvalue weighted by molar-refractivity contribution is 5.27. The number of aromatic nitrogens is 2. The maximum absolute atomic E-state index is 4.39. The molecule has 0 N–H and O–H groups in total. The molecule has 4 saturated heterocycles. The second-order valence-corrected chi connectivity index (χ2v) is 7.97. The molecule has 2 bridgehead atoms. The van der Waals surface area contributed by atoms with Crippen molar-refractivity contribution < 1.29 is 0 Å². The second-order valence-electron chi connectivity index (χ2n) is 7.97. The Labute approximate surface area is 150 Å². The van der Waals surface area contributed by atoms with Gasteiger partial charge in [0.05, 0.1) is 12.0 Å². The van der Waals surface area contributed by atoms with Gasteiger partial charge in [0.15, 0.2) is 0 Å². The van der Waals surface area contributed by atoms with Crippen LogP contribution in [-0.4, -0.2) is 51.1 Å². The zero-order chi connectivity index (χ0) is 16.8. The summed E-state index contributed by atoms with van der Waals surface area (Å²) in [6.45, 7) is 8.05. The zero-order valence-corrected chi connectivity index (χ0v) is 15.1. The molecule has 5 heterocycles. The topological polar surface area (TPSA) is 24.3 Å². The summed E-state index contributed by atoms with van der Waals surface area (Å²) >= 11 is 0. The van der Waals surface area contributed by atoms with Crippen LogP contribution in [0.2, 0.25) is 0 Å². The second kappa shape index (κ2) is 6.26. The van der Waals surface area contributed by atoms with Crippen LogP contribution in [0.5, 0.6) is 0 Å². The van der Waals surface area contributed by atoms with E-state index < -0.39 is 0 Å². The lowest BCUT2D eigenvalue weighted by molar-refractivity contribution is -0.00920. The number of rotatable bonds is 4. The first-order valence-corrected chi connectivity index (χ1v) is 9.87. The van der Waals surface area contributed by atoms with Gasteiger partial charge in [-0.3, -0.25) is 9.80 Å². The number of aryl methyl sites for hydroxylation is 1. The van der Waals surface area contributed by atoms with Crippen molar-refractivity contribution in [2.24, 2.45) is 5.92 Å². The molecule has 4 nitrogen and oxygen atoms in total. The highest BCUT2D eigenvalue weighted by Gasteiger charge is 2.53. The van der Waals surface area contributed by atoms with Gasteiger partial charge in [-0.1, -0.05) is 30.3 Å². The van der Waals surface area contributed by atoms with E-state index in [1.54, 1.807) is 0 Å². The van der Waals surface area contributed by atoms with E-state index >= 15 is 0 Å². The first-order chi connectivity index (χ1) is 12.3. The minimum atomic E-state index is 0.646. The monoisotopic (exact) mass is 336 g/mol. The lowest BCUT2D eigenvalue weighted by atomic mass is 9.75. The van der Waals surface area contributed by atoms with Crippen LogP contribution in [0, 0.1) is 5.92 Å². The Kier molecular flexibility index (Phi) is 3.90. The molecule has 6 rings (SSSR count). The third kappa shape index (κ3) is 2.54. The Hall–Kier alpha value is -1.65. The van der Waals surface area contributed by atoms with Crippen molar-refractivity contribution in [1.29, 1.82) is 0 Å². The average molecular weight is 336 g/mol. The smallest absolute Gasteiger partial charge is 0.0948 e. The lowest BCUT2D eigenvalue weighted by Gasteiger charge is -2.51. The fourth-order valence-corrected chi connectivity index (χ4v) is 5.69. The van der Waals surface area contributed by atoms with Gasteiger partial charge >= 0.3 is 0 Å². The molecule has 0 radical (unpaired) electrons. The van der Waals surface area contributed by atoms with Gasteiger partial charge in [-0.05, 0) is 44.3 Å². The highest BCUT2D eigenvalue weighted by atomic mass is 15.3. The first-order valence-electron chi connectivity index (χ1n) is 9.87. The molecule has 0 spiro atoms. The molecule has 0 unspecified atom stereocenters. The van der Waals surface area contributed by atoms with Crippen LogP contribution in [0.4, 0.5) is 0 Å². The van der Waals surface area contributed by atoms with Gasteiger partial charge in [0.25, 0.3) is 0 Å². The third-order valence-corrected chi connectivity index (χ3v) is 6.83. The molecule has 4 aliphatic rings. The minimum absolute atomic E-state index is 0.646. The molecule has 4 fully saturated rings. The van der Waals surface area contributed by atoms with Gasteiger partial charge < -0.3 is 4.57 Å². The van der Waals surface area contributed by atoms with E-state index in [4.69, 9.17) is 0 Å². The molecule has 3 atom stereocenters. The Bertz CT molecular complexity index is 717. The summed E-state index contributed by atoms with van der Waals surface area (Å²) in [5.41, 5.74) is 2.89. The molecule has 2 aromatic rings. The molecule has 1 aromatic heterocycles. The molecule has 25 heavy (non-hydrogen) atoms. The highest BCUT2D eigenvalue weighted by Crippen LogP contribution is 2.46. The summed E-state index contributed by atoms with van der Waals surface area (Å²) in [6, 6.07) is 12.6. The summed E-state index contributed by atoms with van der Waals surface area (Å²) in [5, 5.41) is 0. The SMILES string of the molecule is CCn1cncc1CN1C[C@@H](c2ccccc2)[C@@H]2[C@H]1C1CCN2CC1. The molecular formula is C21H28N4. The van der Waals surface area contributed by atoms with E-state index in [1.807, 2.05) is 6.33 Å². The van der Waals surface area contributed by atoms with Crippen LogP contribution in [0.1, 0.15) is 36.9 Å². The molecule has 1 aromatic carbocycles. The number of likely N-dealkylation sites (tertiary alicyclic amines) is 1. The fourth-order valence-electron chi connectivity index (χ4n) is 5.69. The van der Waals surface area contributed by atoms with Crippen LogP contribution in [-0.2, 0) is 13.1 Å². The molecule has 0 amide bonds. The van der Waals surface area contributed by atoms with Crippen LogP contribution in [0.3, 0.4) is 0 Å². The van der Waals surface area contributed by atoms with Crippen LogP contribution in [0.25, 0.3) is 0 Å². The maximum atomic E-state index is 4.39. The maximum Gasteiger partial charge on any atom is 0.0948 e. The van der Waals surface area contributed by atoms with Crippen LogP contribution in [0.15, 0.2) is 42.9 Å². The normalized spacial score (nSPS) is 34.4. The number of nitrogens with zero attached hydrogens (tertiary/aromatic N) is 4. The lowest BCUT2D eigenvalue weighted by Crippen LogP contribution is -2.60. The molecule has 4 aliphatic heterocycles. The fraction of sp³-hybridized carbons (Fsp3) is 0.571. The van der Waals surface area contributed by atoms with E-state index in [0.29, 0.717) is 18.0 Å². The number of piperidine rings is 3. The molecule has 4 heteroatoms. The molecule has 132 valence electrons. The van der Waals surface area contributed by atoms with Gasteiger partial charge in [0, 0.05) is 43.8 Å². The Morgan fingerprint density at radius 3 is 2.64 bits per heavy atom. The first kappa shape index (κ1) is 15.6. The third-order valence-electron chi connectivity index (χ3n) is 6.83. The Morgan fingerprint density at radius 2 is 1.88 bits per heavy atom. The van der Waals surface area contributed by atoms with Crippen molar-refractivity contribution in [3.63, 3.8) is 0 Å². The minimum Gasteiger partial charge on any atom is -0.334 e. The number of benzene rings is 1. The average Bonchev–Trinajstić information content (AvgIpc) is 3.29. The predicted molar refractivity (Wildman–Crippen MR) is 99.4 cm³/mol. The zero-order valence-electron chi connectivity index (χ0n) is 15.1. The Balaban J connectivity index is 1.47.